The molecular weight excluding hydrogens is 1610 g/mol. The van der Waals surface area contributed by atoms with Crippen LogP contribution in [0.3, 0.4) is 0 Å². The Morgan fingerprint density at radius 3 is 1.12 bits per heavy atom. The molecule has 0 heterocycles. The third-order valence-corrected chi connectivity index (χ3v) is 17.5. The van der Waals surface area contributed by atoms with Crippen LogP contribution in [0, 0.1) is 23.7 Å². The van der Waals surface area contributed by atoms with Gasteiger partial charge in [0.25, 0.3) is 0 Å². The maximum atomic E-state index is 14.0. The highest BCUT2D eigenvalue weighted by atomic mass is 16.4. The van der Waals surface area contributed by atoms with Gasteiger partial charge in [-0.25, -0.2) is 0 Å². The topological polar surface area (TPSA) is 809 Å². The first-order valence-corrected chi connectivity index (χ1v) is 38.6. The third-order valence-electron chi connectivity index (χ3n) is 17.5. The predicted molar refractivity (Wildman–Crippen MR) is 418 cm³/mol. The monoisotopic (exact) mass is 1730 g/mol. The number of unbranched alkanes of at least 4 members (excludes halogenated alkanes) is 1. The zero-order valence-corrected chi connectivity index (χ0v) is 69.0. The molecule has 121 heavy (non-hydrogen) atoms. The summed E-state index contributed by atoms with van der Waals surface area (Å²) in [7, 11) is 0. The van der Waals surface area contributed by atoms with Crippen molar-refractivity contribution < 1.29 is 141 Å². The Labute approximate surface area is 695 Å². The van der Waals surface area contributed by atoms with Crippen molar-refractivity contribution in [1.29, 1.82) is 0 Å². The van der Waals surface area contributed by atoms with E-state index in [-0.39, 0.29) is 38.1 Å². The van der Waals surface area contributed by atoms with E-state index < -0.39 is 330 Å². The van der Waals surface area contributed by atoms with E-state index in [0.29, 0.717) is 6.42 Å². The number of carbonyl (C=O) groups is 23. The molecule has 0 bridgehead atoms. The normalized spacial score (nSPS) is 14.4. The molecule has 0 aliphatic heterocycles. The van der Waals surface area contributed by atoms with Crippen molar-refractivity contribution in [3.8, 4) is 0 Å². The molecule has 0 radical (unpaired) electrons. The summed E-state index contributed by atoms with van der Waals surface area (Å²) >= 11 is 0. The van der Waals surface area contributed by atoms with Crippen LogP contribution in [-0.2, 0) is 110 Å². The molecule has 19 amide bonds. The fourth-order valence-electron chi connectivity index (χ4n) is 10.6. The van der Waals surface area contributed by atoms with Crippen molar-refractivity contribution in [2.45, 2.75) is 225 Å². The van der Waals surface area contributed by atoms with Gasteiger partial charge in [0.05, 0.1) is 64.4 Å². The number of aliphatic carboxylic acids is 4. The van der Waals surface area contributed by atoms with E-state index in [1.54, 1.807) is 27.7 Å². The van der Waals surface area contributed by atoms with Crippen LogP contribution in [0.4, 0.5) is 0 Å². The van der Waals surface area contributed by atoms with Crippen molar-refractivity contribution >= 4 is 136 Å². The number of primary amides is 1. The van der Waals surface area contributed by atoms with Gasteiger partial charge in [0.1, 0.15) is 73.0 Å². The second-order valence-electron chi connectivity index (χ2n) is 29.1. The summed E-state index contributed by atoms with van der Waals surface area (Å²) in [6.45, 7) is 8.64. The standard InChI is InChI=1S/C71H119N21O29/c1-11-35(8)58(68(118)80-26-48(98)75-24-46(96)77-30-55(108)109)91-66(116)43(22-32(2)3)84-50(100)29-81-69(119)59(37(10)94)92-67(117)44(31-93)88-70(120)57(34(6)7)90-71(121)56(33(4)5)89-51(101)27-76-47(97)25-78-60(110)36(9)82-62(112)39(14-12-13-21-72)85-64(114)41(16-19-52(102)103)87-65(115)42(17-20-53(104)105)86-63(113)40(15-18-45(74)95)83-49(99)28-79-61(111)38(73)23-54(106)107/h32-44,56-59,93-94H,11-31,72-73H2,1-10H3,(H2,74,95)(H,75,98)(H,76,97)(H,77,96)(H,78,110)(H,79,111)(H,80,118)(H,81,119)(H,82,112)(H,83,99)(H,84,100)(H,85,114)(H,86,113)(H,87,115)(H,88,120)(H,89,101)(H,90,121)(H,91,116)(H,92,117)(H,102,103)(H,104,105)(H,106,107)(H,108,109)/t35-,36-,37+,38-,39-,40-,41-,42-,43-,44-,56-,57-,58-,59-/m0/s1. The molecule has 14 atom stereocenters. The molecule has 0 saturated carbocycles. The van der Waals surface area contributed by atoms with Gasteiger partial charge in [0.2, 0.25) is 112 Å². The number of carbonyl (C=O) groups excluding carboxylic acids is 19. The Morgan fingerprint density at radius 1 is 0.331 bits per heavy atom. The van der Waals surface area contributed by atoms with Crippen LogP contribution < -0.4 is 113 Å². The molecule has 0 unspecified atom stereocenters. The van der Waals surface area contributed by atoms with E-state index in [2.05, 4.69) is 85.1 Å². The Kier molecular flexibility index (Phi) is 51.1. The molecule has 682 valence electrons. The molecule has 0 aromatic rings. The van der Waals surface area contributed by atoms with Gasteiger partial charge in [-0.2, -0.15) is 0 Å². The van der Waals surface area contributed by atoms with Crippen molar-refractivity contribution in [2.75, 3.05) is 59.0 Å². The summed E-state index contributed by atoms with van der Waals surface area (Å²) < 4.78 is 0. The summed E-state index contributed by atoms with van der Waals surface area (Å²) in [4.78, 5) is 296. The quantitative estimate of drug-likeness (QED) is 0.0251. The Balaban J connectivity index is 6.10. The number of nitrogens with one attached hydrogen (secondary N) is 18. The summed E-state index contributed by atoms with van der Waals surface area (Å²) in [6, 6.07) is -19.3. The summed E-state index contributed by atoms with van der Waals surface area (Å²) in [5.74, 6) is -27.6. The van der Waals surface area contributed by atoms with Gasteiger partial charge in [0, 0.05) is 19.3 Å². The molecule has 0 aromatic carbocycles. The number of hydrogen-bond acceptors (Lipinski definition) is 27. The molecule has 0 saturated heterocycles. The fourth-order valence-corrected chi connectivity index (χ4v) is 10.6. The van der Waals surface area contributed by atoms with E-state index in [0.717, 1.165) is 13.8 Å². The number of hydrogen-bond donors (Lipinski definition) is 27. The van der Waals surface area contributed by atoms with E-state index in [1.165, 1.54) is 27.7 Å². The van der Waals surface area contributed by atoms with Crippen LogP contribution in [-0.4, -0.2) is 304 Å². The van der Waals surface area contributed by atoms with Crippen molar-refractivity contribution in [2.24, 2.45) is 40.9 Å². The van der Waals surface area contributed by atoms with E-state index in [4.69, 9.17) is 27.4 Å². The van der Waals surface area contributed by atoms with E-state index in [9.17, 15) is 131 Å². The molecule has 0 aromatic heterocycles. The first-order valence-electron chi connectivity index (χ1n) is 38.6. The minimum absolute atomic E-state index is 0.00423. The van der Waals surface area contributed by atoms with Crippen molar-refractivity contribution in [1.82, 2.24) is 95.7 Å². The van der Waals surface area contributed by atoms with Gasteiger partial charge in [-0.15, -0.1) is 0 Å². The Morgan fingerprint density at radius 2 is 0.686 bits per heavy atom. The van der Waals surface area contributed by atoms with Crippen LogP contribution in [0.2, 0.25) is 0 Å². The maximum Gasteiger partial charge on any atom is 0.322 e. The van der Waals surface area contributed by atoms with Crippen molar-refractivity contribution in [3.63, 3.8) is 0 Å². The molecule has 50 heteroatoms. The third kappa shape index (κ3) is 45.4. The predicted octanol–water partition coefficient (Wildman–Crippen LogP) is -12.1. The number of aliphatic hydroxyl groups is 2. The SMILES string of the molecule is CC[C@H](C)[C@H](NC(=O)[C@H](CC(C)C)NC(=O)CNC(=O)[C@@H](NC(=O)[C@H](CO)NC(=O)[C@@H](NC(=O)[C@@H](NC(=O)CNC(=O)CNC(=O)[C@H](C)NC(=O)[C@H](CCCCN)NC(=O)[C@H](CCC(=O)O)NC(=O)[C@H](CCC(=O)O)NC(=O)[C@H](CCC(N)=O)NC(=O)CNC(=O)[C@@H](N)CC(=O)O)C(C)C)C(C)C)[C@@H](C)O)C(=O)NCC(=O)NCC(=O)NCC(=O)O. The molecule has 0 spiro atoms. The van der Waals surface area contributed by atoms with Crippen molar-refractivity contribution in [3.05, 3.63) is 0 Å². The first kappa shape index (κ1) is 109. The number of aliphatic hydroxyl groups excluding tert-OH is 2. The lowest BCUT2D eigenvalue weighted by Gasteiger charge is -2.29. The fraction of sp³-hybridized carbons (Fsp3) is 0.676. The van der Waals surface area contributed by atoms with Gasteiger partial charge >= 0.3 is 23.9 Å². The molecule has 0 rings (SSSR count). The number of carboxylic acids is 4. The minimum Gasteiger partial charge on any atom is -0.481 e. The smallest absolute Gasteiger partial charge is 0.322 e. The highest BCUT2D eigenvalue weighted by molar-refractivity contribution is 6.01. The molecular formula is C71H119N21O29. The number of carboxylic acid groups (broad SMARTS) is 4. The van der Waals surface area contributed by atoms with E-state index in [1.807, 2.05) is 10.6 Å². The average Bonchev–Trinajstić information content (AvgIpc) is 0.856. The number of rotatable bonds is 60. The minimum atomic E-state index is -1.88. The van der Waals surface area contributed by atoms with Crippen LogP contribution in [0.25, 0.3) is 0 Å². The second kappa shape index (κ2) is 56.9. The molecule has 0 aliphatic rings. The van der Waals surface area contributed by atoms with E-state index >= 15 is 0 Å². The molecule has 0 aliphatic carbocycles. The Hall–Kier alpha value is -12.3. The van der Waals surface area contributed by atoms with Gasteiger partial charge in [0.15, 0.2) is 0 Å². The largest absolute Gasteiger partial charge is 0.481 e. The zero-order valence-electron chi connectivity index (χ0n) is 69.0. The van der Waals surface area contributed by atoms with Gasteiger partial charge in [-0.3, -0.25) is 110 Å². The molecule has 30 N–H and O–H groups in total. The number of nitrogens with two attached hydrogens (primary N) is 3. The summed E-state index contributed by atoms with van der Waals surface area (Å²) in [5.41, 5.74) is 16.4. The molecule has 50 nitrogen and oxygen atoms in total. The van der Waals surface area contributed by atoms with Crippen LogP contribution in [0.1, 0.15) is 146 Å². The average molecular weight is 1730 g/mol. The lowest BCUT2D eigenvalue weighted by molar-refractivity contribution is -0.140. The highest BCUT2D eigenvalue weighted by Crippen LogP contribution is 2.14. The molecule has 0 fully saturated rings. The number of amides is 19. The van der Waals surface area contributed by atoms with Crippen LogP contribution >= 0.6 is 0 Å². The van der Waals surface area contributed by atoms with Gasteiger partial charge < -0.3 is 144 Å². The van der Waals surface area contributed by atoms with Gasteiger partial charge in [-0.05, 0) is 89.0 Å². The highest BCUT2D eigenvalue weighted by Gasteiger charge is 2.38. The lowest BCUT2D eigenvalue weighted by Crippen LogP contribution is -2.62. The Bertz CT molecular complexity index is 3640. The van der Waals surface area contributed by atoms with Gasteiger partial charge in [-0.1, -0.05) is 61.8 Å². The maximum absolute atomic E-state index is 14.0. The lowest BCUT2D eigenvalue weighted by atomic mass is 9.96. The van der Waals surface area contributed by atoms with Crippen LogP contribution in [0.5, 0.6) is 0 Å². The summed E-state index contributed by atoms with van der Waals surface area (Å²) in [6.07, 6.45) is -6.08. The van der Waals surface area contributed by atoms with Crippen LogP contribution in [0.15, 0.2) is 0 Å². The summed E-state index contributed by atoms with van der Waals surface area (Å²) in [5, 5.41) is 98.6. The first-order chi connectivity index (χ1) is 56.5. The second-order valence-corrected chi connectivity index (χ2v) is 29.1. The zero-order chi connectivity index (χ0) is 92.7.